The highest BCUT2D eigenvalue weighted by Crippen LogP contribution is 2.32. The molecule has 2 atom stereocenters. The maximum atomic E-state index is 5.91. The second-order valence-electron chi connectivity index (χ2n) is 7.47. The predicted molar refractivity (Wildman–Crippen MR) is 98.2 cm³/mol. The van der Waals surface area contributed by atoms with Gasteiger partial charge in [-0.15, -0.1) is 0 Å². The van der Waals surface area contributed by atoms with E-state index >= 15 is 0 Å². The first-order valence-corrected chi connectivity index (χ1v) is 8.73. The smallest absolute Gasteiger partial charge is 0.0589 e. The molecule has 2 aromatic rings. The van der Waals surface area contributed by atoms with E-state index in [1.807, 2.05) is 24.4 Å². The lowest BCUT2D eigenvalue weighted by molar-refractivity contribution is 0.525. The summed E-state index contributed by atoms with van der Waals surface area (Å²) < 4.78 is 0. The highest BCUT2D eigenvalue weighted by atomic mass is 35.5. The maximum absolute atomic E-state index is 5.91. The highest BCUT2D eigenvalue weighted by Gasteiger charge is 2.22. The van der Waals surface area contributed by atoms with Gasteiger partial charge in [0.05, 0.1) is 5.02 Å². The first-order chi connectivity index (χ1) is 10.8. The van der Waals surface area contributed by atoms with Crippen LogP contribution in [0.25, 0.3) is 0 Å². The van der Waals surface area contributed by atoms with Crippen LogP contribution >= 0.6 is 11.6 Å². The average molecular weight is 331 g/mol. The Hall–Kier alpha value is -1.41. The van der Waals surface area contributed by atoms with Gasteiger partial charge in [0.1, 0.15) is 0 Å². The van der Waals surface area contributed by atoms with E-state index < -0.39 is 0 Å². The molecule has 0 N–H and O–H groups in total. The largest absolute Gasteiger partial charge is 0.260 e. The predicted octanol–water partition coefficient (Wildman–Crippen LogP) is 6.11. The summed E-state index contributed by atoms with van der Waals surface area (Å²) in [6.07, 6.45) is 5.86. The maximum Gasteiger partial charge on any atom is 0.0589 e. The lowest BCUT2D eigenvalue weighted by atomic mass is 9.82. The Morgan fingerprint density at radius 2 is 1.70 bits per heavy atom. The molecule has 0 spiro atoms. The van der Waals surface area contributed by atoms with E-state index in [-0.39, 0.29) is 5.41 Å². The van der Waals surface area contributed by atoms with Crippen molar-refractivity contribution >= 4 is 11.6 Å². The van der Waals surface area contributed by atoms with Crippen LogP contribution in [0, 0.1) is 0 Å². The van der Waals surface area contributed by atoms with Crippen molar-refractivity contribution in [3.05, 3.63) is 58.6 Å². The second-order valence-corrected chi connectivity index (χ2v) is 7.91. The van der Waals surface area contributed by atoms with Gasteiger partial charge >= 0.3 is 0 Å². The molecule has 124 valence electrons. The summed E-state index contributed by atoms with van der Waals surface area (Å²) in [6.45, 7) is 11.2. The first kappa shape index (κ1) is 17.9. The third-order valence-corrected chi connectivity index (χ3v) is 4.59. The van der Waals surface area contributed by atoms with E-state index in [4.69, 9.17) is 11.6 Å². The number of rotatable bonds is 5. The molecule has 2 nitrogen and oxygen atoms in total. The van der Waals surface area contributed by atoms with Crippen LogP contribution in [0.3, 0.4) is 0 Å². The lowest BCUT2D eigenvalue weighted by Crippen LogP contribution is -2.17. The SMILES string of the molecule is CC(CCC(C)c1cccnc1C(C)(C)C)c1ccc(Cl)cn1. The first-order valence-electron chi connectivity index (χ1n) is 8.36. The Kier molecular flexibility index (Phi) is 5.80. The monoisotopic (exact) mass is 330 g/mol. The Morgan fingerprint density at radius 3 is 2.30 bits per heavy atom. The molecule has 0 saturated carbocycles. The topological polar surface area (TPSA) is 25.8 Å². The van der Waals surface area contributed by atoms with Gasteiger partial charge in [0, 0.05) is 29.2 Å². The Balaban J connectivity index is 2.05. The molecular formula is C20H27ClN2. The van der Waals surface area contributed by atoms with E-state index in [2.05, 4.69) is 50.7 Å². The average Bonchev–Trinajstić information content (AvgIpc) is 2.52. The molecule has 0 aliphatic rings. The molecule has 2 aromatic heterocycles. The van der Waals surface area contributed by atoms with Crippen LogP contribution in [0.5, 0.6) is 0 Å². The van der Waals surface area contributed by atoms with E-state index in [0.29, 0.717) is 16.9 Å². The number of aromatic nitrogens is 2. The van der Waals surface area contributed by atoms with Crippen LogP contribution in [0.4, 0.5) is 0 Å². The Labute approximate surface area is 145 Å². The summed E-state index contributed by atoms with van der Waals surface area (Å²) >= 11 is 5.91. The molecule has 3 heteroatoms. The quantitative estimate of drug-likeness (QED) is 0.660. The zero-order valence-electron chi connectivity index (χ0n) is 14.8. The standard InChI is InChI=1S/C20H27ClN2/c1-14(17-7-6-12-22-19(17)20(3,4)5)8-9-15(2)18-11-10-16(21)13-23-18/h6-7,10-15H,8-9H2,1-5H3. The molecule has 0 fully saturated rings. The molecule has 0 radical (unpaired) electrons. The normalized spacial score (nSPS) is 14.5. The van der Waals surface area contributed by atoms with Crippen molar-refractivity contribution in [3.8, 4) is 0 Å². The third-order valence-electron chi connectivity index (χ3n) is 4.37. The van der Waals surface area contributed by atoms with E-state index in [9.17, 15) is 0 Å². The minimum atomic E-state index is 0.0776. The molecule has 0 aliphatic heterocycles. The van der Waals surface area contributed by atoms with Crippen LogP contribution in [0.1, 0.15) is 76.2 Å². The summed E-state index contributed by atoms with van der Waals surface area (Å²) in [7, 11) is 0. The molecule has 0 aromatic carbocycles. The van der Waals surface area contributed by atoms with Gasteiger partial charge in [-0.05, 0) is 48.4 Å². The lowest BCUT2D eigenvalue weighted by Gasteiger charge is -2.25. The zero-order valence-corrected chi connectivity index (χ0v) is 15.6. The van der Waals surface area contributed by atoms with Gasteiger partial charge < -0.3 is 0 Å². The van der Waals surface area contributed by atoms with Crippen LogP contribution in [-0.2, 0) is 5.41 Å². The van der Waals surface area contributed by atoms with Crippen LogP contribution in [0.2, 0.25) is 5.02 Å². The van der Waals surface area contributed by atoms with Gasteiger partial charge in [0.15, 0.2) is 0 Å². The van der Waals surface area contributed by atoms with Gasteiger partial charge in [-0.25, -0.2) is 0 Å². The molecule has 23 heavy (non-hydrogen) atoms. The summed E-state index contributed by atoms with van der Waals surface area (Å²) in [6, 6.07) is 8.22. The summed E-state index contributed by atoms with van der Waals surface area (Å²) in [5.74, 6) is 0.928. The molecular weight excluding hydrogens is 304 g/mol. The van der Waals surface area contributed by atoms with Crippen molar-refractivity contribution in [2.45, 2.75) is 64.7 Å². The van der Waals surface area contributed by atoms with Gasteiger partial charge in [-0.3, -0.25) is 9.97 Å². The van der Waals surface area contributed by atoms with Gasteiger partial charge in [-0.1, -0.05) is 52.3 Å². The number of pyridine rings is 2. The Bertz CT molecular complexity index is 629. The third kappa shape index (κ3) is 4.78. The fraction of sp³-hybridized carbons (Fsp3) is 0.500. The molecule has 0 amide bonds. The van der Waals surface area contributed by atoms with Crippen LogP contribution in [-0.4, -0.2) is 9.97 Å². The number of nitrogens with zero attached hydrogens (tertiary/aromatic N) is 2. The minimum Gasteiger partial charge on any atom is -0.260 e. The van der Waals surface area contributed by atoms with E-state index in [0.717, 1.165) is 18.5 Å². The van der Waals surface area contributed by atoms with Crippen molar-refractivity contribution in [2.75, 3.05) is 0 Å². The van der Waals surface area contributed by atoms with Gasteiger partial charge in [0.25, 0.3) is 0 Å². The molecule has 0 saturated heterocycles. The van der Waals surface area contributed by atoms with Crippen molar-refractivity contribution in [1.29, 1.82) is 0 Å². The zero-order chi connectivity index (χ0) is 17.0. The molecule has 2 unspecified atom stereocenters. The van der Waals surface area contributed by atoms with Crippen molar-refractivity contribution in [3.63, 3.8) is 0 Å². The fourth-order valence-corrected chi connectivity index (χ4v) is 3.04. The Morgan fingerprint density at radius 1 is 1.00 bits per heavy atom. The van der Waals surface area contributed by atoms with Crippen molar-refractivity contribution in [1.82, 2.24) is 9.97 Å². The summed E-state index contributed by atoms with van der Waals surface area (Å²) in [5.41, 5.74) is 3.78. The minimum absolute atomic E-state index is 0.0776. The summed E-state index contributed by atoms with van der Waals surface area (Å²) in [4.78, 5) is 9.08. The van der Waals surface area contributed by atoms with Crippen molar-refractivity contribution < 1.29 is 0 Å². The van der Waals surface area contributed by atoms with Crippen LogP contribution < -0.4 is 0 Å². The number of halogens is 1. The fourth-order valence-electron chi connectivity index (χ4n) is 2.92. The molecule has 2 heterocycles. The highest BCUT2D eigenvalue weighted by molar-refractivity contribution is 6.30. The van der Waals surface area contributed by atoms with Gasteiger partial charge in [0.2, 0.25) is 0 Å². The number of hydrogen-bond donors (Lipinski definition) is 0. The number of hydrogen-bond acceptors (Lipinski definition) is 2. The van der Waals surface area contributed by atoms with Crippen LogP contribution in [0.15, 0.2) is 36.7 Å². The van der Waals surface area contributed by atoms with Gasteiger partial charge in [-0.2, -0.15) is 0 Å². The molecule has 0 aliphatic carbocycles. The molecule has 2 rings (SSSR count). The van der Waals surface area contributed by atoms with E-state index in [1.165, 1.54) is 11.3 Å². The van der Waals surface area contributed by atoms with Crippen molar-refractivity contribution in [2.24, 2.45) is 0 Å². The van der Waals surface area contributed by atoms with E-state index in [1.54, 1.807) is 6.20 Å². The summed E-state index contributed by atoms with van der Waals surface area (Å²) in [5, 5.41) is 0.694. The second kappa shape index (κ2) is 7.44. The molecule has 0 bridgehead atoms.